The predicted molar refractivity (Wildman–Crippen MR) is 76.7 cm³/mol. The van der Waals surface area contributed by atoms with Crippen molar-refractivity contribution in [3.63, 3.8) is 0 Å². The van der Waals surface area contributed by atoms with Crippen molar-refractivity contribution in [1.29, 1.82) is 0 Å². The average Bonchev–Trinajstić information content (AvgIpc) is 2.36. The van der Waals surface area contributed by atoms with Gasteiger partial charge in [-0.25, -0.2) is 4.39 Å². The van der Waals surface area contributed by atoms with Crippen LogP contribution >= 0.6 is 23.2 Å². The Balaban J connectivity index is 2.14. The molecule has 0 aliphatic rings. The molecule has 0 aliphatic heterocycles. The molecule has 0 unspecified atom stereocenters. The summed E-state index contributed by atoms with van der Waals surface area (Å²) in [7, 11) is 1.44. The lowest BCUT2D eigenvalue weighted by molar-refractivity contribution is 0.384. The number of hydrogen-bond acceptors (Lipinski definition) is 2. The first-order valence-corrected chi connectivity index (χ1v) is 6.37. The van der Waals surface area contributed by atoms with Gasteiger partial charge in [-0.1, -0.05) is 35.3 Å². The maximum atomic E-state index is 13.9. The molecule has 2 aromatic carbocycles. The van der Waals surface area contributed by atoms with Gasteiger partial charge in [-0.2, -0.15) is 0 Å². The first-order valence-electron chi connectivity index (χ1n) is 5.61. The molecule has 0 aliphatic carbocycles. The number of methoxy groups -OCH3 is 1. The molecule has 0 atom stereocenters. The summed E-state index contributed by atoms with van der Waals surface area (Å²) in [6.45, 7) is 0.319. The van der Waals surface area contributed by atoms with E-state index in [-0.39, 0.29) is 11.6 Å². The van der Waals surface area contributed by atoms with Crippen LogP contribution in [-0.2, 0) is 6.54 Å². The molecular weight excluding hydrogens is 288 g/mol. The van der Waals surface area contributed by atoms with Crippen molar-refractivity contribution in [2.45, 2.75) is 6.54 Å². The Morgan fingerprint density at radius 1 is 1.16 bits per heavy atom. The van der Waals surface area contributed by atoms with Crippen molar-refractivity contribution in [2.75, 3.05) is 12.4 Å². The standard InChI is InChI=1S/C14H12Cl2FNO/c1-19-13-4-2-3-9(14(13)17)8-18-12-6-10(15)5-11(16)7-12/h2-7,18H,8H2,1H3. The van der Waals surface area contributed by atoms with Gasteiger partial charge < -0.3 is 10.1 Å². The normalized spacial score (nSPS) is 10.3. The van der Waals surface area contributed by atoms with E-state index < -0.39 is 0 Å². The van der Waals surface area contributed by atoms with Crippen LogP contribution in [0.4, 0.5) is 10.1 Å². The minimum Gasteiger partial charge on any atom is -0.494 e. The van der Waals surface area contributed by atoms with Crippen LogP contribution < -0.4 is 10.1 Å². The van der Waals surface area contributed by atoms with Crippen LogP contribution in [0.2, 0.25) is 10.0 Å². The van der Waals surface area contributed by atoms with Gasteiger partial charge >= 0.3 is 0 Å². The van der Waals surface area contributed by atoms with E-state index in [2.05, 4.69) is 5.32 Å². The van der Waals surface area contributed by atoms with Crippen LogP contribution in [0, 0.1) is 5.82 Å². The summed E-state index contributed by atoms with van der Waals surface area (Å²) in [6, 6.07) is 10.1. The number of anilines is 1. The van der Waals surface area contributed by atoms with Gasteiger partial charge in [0.1, 0.15) is 0 Å². The minimum atomic E-state index is -0.370. The molecule has 0 heterocycles. The molecule has 1 N–H and O–H groups in total. The summed E-state index contributed by atoms with van der Waals surface area (Å²) < 4.78 is 18.8. The Bertz CT molecular complexity index is 569. The highest BCUT2D eigenvalue weighted by atomic mass is 35.5. The van der Waals surface area contributed by atoms with Gasteiger partial charge in [0.2, 0.25) is 0 Å². The molecule has 2 aromatic rings. The second-order valence-electron chi connectivity index (χ2n) is 3.95. The molecule has 100 valence electrons. The molecule has 0 spiro atoms. The fourth-order valence-electron chi connectivity index (χ4n) is 1.70. The van der Waals surface area contributed by atoms with E-state index in [0.29, 0.717) is 22.2 Å². The zero-order valence-electron chi connectivity index (χ0n) is 10.2. The predicted octanol–water partition coefficient (Wildman–Crippen LogP) is 4.75. The van der Waals surface area contributed by atoms with Crippen molar-refractivity contribution in [3.05, 3.63) is 57.8 Å². The van der Waals surface area contributed by atoms with Gasteiger partial charge in [-0.15, -0.1) is 0 Å². The number of nitrogens with one attached hydrogen (secondary N) is 1. The summed E-state index contributed by atoms with van der Waals surface area (Å²) in [6.07, 6.45) is 0. The van der Waals surface area contributed by atoms with Gasteiger partial charge in [0.25, 0.3) is 0 Å². The quantitative estimate of drug-likeness (QED) is 0.879. The van der Waals surface area contributed by atoms with Crippen molar-refractivity contribution in [2.24, 2.45) is 0 Å². The fourth-order valence-corrected chi connectivity index (χ4v) is 2.23. The van der Waals surface area contributed by atoms with Crippen LogP contribution in [-0.4, -0.2) is 7.11 Å². The van der Waals surface area contributed by atoms with E-state index in [1.54, 1.807) is 36.4 Å². The second-order valence-corrected chi connectivity index (χ2v) is 4.82. The van der Waals surface area contributed by atoms with Crippen LogP contribution in [0.1, 0.15) is 5.56 Å². The number of halogens is 3. The number of hydrogen-bond donors (Lipinski definition) is 1. The highest BCUT2D eigenvalue weighted by molar-refractivity contribution is 6.35. The first-order chi connectivity index (χ1) is 9.10. The third-order valence-corrected chi connectivity index (χ3v) is 3.05. The number of rotatable bonds is 4. The summed E-state index contributed by atoms with van der Waals surface area (Å²) in [5.74, 6) is -0.144. The number of ether oxygens (including phenoxy) is 1. The highest BCUT2D eigenvalue weighted by Crippen LogP contribution is 2.24. The number of benzene rings is 2. The molecule has 0 radical (unpaired) electrons. The summed E-state index contributed by atoms with van der Waals surface area (Å²) in [5, 5.41) is 4.13. The van der Waals surface area contributed by atoms with E-state index in [4.69, 9.17) is 27.9 Å². The Hall–Kier alpha value is -1.45. The lowest BCUT2D eigenvalue weighted by Crippen LogP contribution is -2.03. The van der Waals surface area contributed by atoms with Gasteiger partial charge in [0, 0.05) is 27.8 Å². The van der Waals surface area contributed by atoms with E-state index in [9.17, 15) is 4.39 Å². The molecule has 19 heavy (non-hydrogen) atoms. The van der Waals surface area contributed by atoms with Crippen molar-refractivity contribution in [1.82, 2.24) is 0 Å². The van der Waals surface area contributed by atoms with Crippen LogP contribution in [0.5, 0.6) is 5.75 Å². The maximum absolute atomic E-state index is 13.9. The van der Waals surface area contributed by atoms with Gasteiger partial charge in [-0.3, -0.25) is 0 Å². The third-order valence-electron chi connectivity index (χ3n) is 2.61. The Labute approximate surface area is 121 Å². The Morgan fingerprint density at radius 2 is 1.84 bits per heavy atom. The van der Waals surface area contributed by atoms with E-state index in [0.717, 1.165) is 5.69 Å². The largest absolute Gasteiger partial charge is 0.494 e. The third kappa shape index (κ3) is 3.52. The van der Waals surface area contributed by atoms with E-state index in [1.165, 1.54) is 7.11 Å². The van der Waals surface area contributed by atoms with Crippen molar-refractivity contribution < 1.29 is 9.13 Å². The summed E-state index contributed by atoms with van der Waals surface area (Å²) in [4.78, 5) is 0. The molecule has 0 aromatic heterocycles. The molecule has 0 fully saturated rings. The molecule has 0 bridgehead atoms. The topological polar surface area (TPSA) is 21.3 Å². The van der Waals surface area contributed by atoms with E-state index >= 15 is 0 Å². The second kappa shape index (κ2) is 6.13. The Kier molecular flexibility index (Phi) is 4.51. The Morgan fingerprint density at radius 3 is 2.47 bits per heavy atom. The van der Waals surface area contributed by atoms with Gasteiger partial charge in [-0.05, 0) is 24.3 Å². The molecule has 0 amide bonds. The van der Waals surface area contributed by atoms with E-state index in [1.807, 2.05) is 0 Å². The zero-order chi connectivity index (χ0) is 13.8. The van der Waals surface area contributed by atoms with Crippen LogP contribution in [0.3, 0.4) is 0 Å². The lowest BCUT2D eigenvalue weighted by atomic mass is 10.2. The average molecular weight is 300 g/mol. The molecule has 5 heteroatoms. The highest BCUT2D eigenvalue weighted by Gasteiger charge is 2.08. The molecule has 2 rings (SSSR count). The van der Waals surface area contributed by atoms with Gasteiger partial charge in [0.15, 0.2) is 11.6 Å². The zero-order valence-corrected chi connectivity index (χ0v) is 11.7. The maximum Gasteiger partial charge on any atom is 0.170 e. The molecule has 2 nitrogen and oxygen atoms in total. The smallest absolute Gasteiger partial charge is 0.170 e. The first kappa shape index (κ1) is 14.0. The summed E-state index contributed by atoms with van der Waals surface area (Å²) >= 11 is 11.8. The minimum absolute atomic E-state index is 0.225. The molecule has 0 saturated heterocycles. The van der Waals surface area contributed by atoms with Crippen molar-refractivity contribution in [3.8, 4) is 5.75 Å². The van der Waals surface area contributed by atoms with Gasteiger partial charge in [0.05, 0.1) is 7.11 Å². The fraction of sp³-hybridized carbons (Fsp3) is 0.143. The van der Waals surface area contributed by atoms with Crippen LogP contribution in [0.25, 0.3) is 0 Å². The van der Waals surface area contributed by atoms with Crippen LogP contribution in [0.15, 0.2) is 36.4 Å². The molecule has 0 saturated carbocycles. The summed E-state index contributed by atoms with van der Waals surface area (Å²) in [5.41, 5.74) is 1.25. The SMILES string of the molecule is COc1cccc(CNc2cc(Cl)cc(Cl)c2)c1F. The van der Waals surface area contributed by atoms with Crippen molar-refractivity contribution >= 4 is 28.9 Å². The molecular formula is C14H12Cl2FNO. The monoisotopic (exact) mass is 299 g/mol. The lowest BCUT2D eigenvalue weighted by Gasteiger charge is -2.10.